The molecular weight excluding hydrogens is 452 g/mol. The van der Waals surface area contributed by atoms with E-state index in [1.54, 1.807) is 12.1 Å². The molecule has 2 aromatic rings. The molecule has 0 unspecified atom stereocenters. The van der Waals surface area contributed by atoms with Crippen molar-refractivity contribution in [1.82, 2.24) is 19.8 Å². The van der Waals surface area contributed by atoms with Gasteiger partial charge in [-0.15, -0.1) is 0 Å². The Morgan fingerprint density at radius 2 is 1.59 bits per heavy atom. The molecule has 1 amide bonds. The number of hydrogen-bond donors (Lipinski definition) is 2. The van der Waals surface area contributed by atoms with Crippen LogP contribution >= 0.6 is 0 Å². The van der Waals surface area contributed by atoms with E-state index in [2.05, 4.69) is 44.1 Å². The molecule has 9 heteroatoms. The molecule has 2 N–H and O–H groups in total. The van der Waals surface area contributed by atoms with Crippen molar-refractivity contribution in [3.8, 4) is 5.75 Å². The molecule has 1 heterocycles. The van der Waals surface area contributed by atoms with E-state index in [9.17, 15) is 13.2 Å². The number of methoxy groups -OCH3 is 1. The molecule has 1 fully saturated rings. The van der Waals surface area contributed by atoms with Crippen LogP contribution in [0.4, 0.5) is 0 Å². The van der Waals surface area contributed by atoms with Gasteiger partial charge in [-0.05, 0) is 35.7 Å². The zero-order chi connectivity index (χ0) is 24.6. The van der Waals surface area contributed by atoms with E-state index in [-0.39, 0.29) is 16.7 Å². The van der Waals surface area contributed by atoms with Crippen LogP contribution in [-0.4, -0.2) is 76.5 Å². The van der Waals surface area contributed by atoms with Gasteiger partial charge in [-0.2, -0.15) is 4.72 Å². The Hall–Kier alpha value is -2.46. The molecule has 2 aromatic carbocycles. The third-order valence-corrected chi connectivity index (χ3v) is 7.50. The number of hydrogen-bond acceptors (Lipinski definition) is 6. The van der Waals surface area contributed by atoms with Gasteiger partial charge < -0.3 is 10.1 Å². The summed E-state index contributed by atoms with van der Waals surface area (Å²) in [6.45, 7) is 9.68. The zero-order valence-electron chi connectivity index (χ0n) is 20.2. The van der Waals surface area contributed by atoms with Gasteiger partial charge in [0.25, 0.3) is 0 Å². The lowest BCUT2D eigenvalue weighted by atomic mass is 10.1. The highest BCUT2D eigenvalue weighted by molar-refractivity contribution is 7.89. The first kappa shape index (κ1) is 26.2. The van der Waals surface area contributed by atoms with Gasteiger partial charge >= 0.3 is 0 Å². The summed E-state index contributed by atoms with van der Waals surface area (Å²) in [7, 11) is -2.32. The average Bonchev–Trinajstić information content (AvgIpc) is 2.84. The fraction of sp³-hybridized carbons (Fsp3) is 0.480. The number of rotatable bonds is 11. The van der Waals surface area contributed by atoms with Crippen LogP contribution < -0.4 is 14.8 Å². The first-order valence-corrected chi connectivity index (χ1v) is 13.2. The van der Waals surface area contributed by atoms with Crippen molar-refractivity contribution >= 4 is 15.9 Å². The molecule has 8 nitrogen and oxygen atoms in total. The lowest BCUT2D eigenvalue weighted by molar-refractivity contribution is -0.123. The van der Waals surface area contributed by atoms with Crippen molar-refractivity contribution in [3.05, 3.63) is 60.2 Å². The molecule has 0 aromatic heterocycles. The molecule has 1 atom stereocenters. The summed E-state index contributed by atoms with van der Waals surface area (Å²) in [5, 5.41) is 2.91. The molecule has 0 saturated carbocycles. The Morgan fingerprint density at radius 1 is 0.971 bits per heavy atom. The van der Waals surface area contributed by atoms with Crippen LogP contribution in [0.2, 0.25) is 0 Å². The first-order chi connectivity index (χ1) is 16.3. The fourth-order valence-electron chi connectivity index (χ4n) is 3.94. The predicted molar refractivity (Wildman–Crippen MR) is 133 cm³/mol. The quantitative estimate of drug-likeness (QED) is 0.502. The number of sulfonamides is 1. The van der Waals surface area contributed by atoms with Gasteiger partial charge in [-0.25, -0.2) is 8.42 Å². The number of nitrogens with zero attached hydrogens (tertiary/aromatic N) is 2. The largest absolute Gasteiger partial charge is 0.497 e. The lowest BCUT2D eigenvalue weighted by Gasteiger charge is -2.34. The summed E-state index contributed by atoms with van der Waals surface area (Å²) in [4.78, 5) is 17.7. The van der Waals surface area contributed by atoms with E-state index in [4.69, 9.17) is 4.74 Å². The highest BCUT2D eigenvalue weighted by Gasteiger charge is 2.28. The summed E-state index contributed by atoms with van der Waals surface area (Å²) in [6, 6.07) is 15.7. The van der Waals surface area contributed by atoms with Crippen molar-refractivity contribution in [2.45, 2.75) is 31.3 Å². The molecule has 0 spiro atoms. The molecule has 34 heavy (non-hydrogen) atoms. The monoisotopic (exact) mass is 488 g/mol. The summed E-state index contributed by atoms with van der Waals surface area (Å²) >= 11 is 0. The Balaban J connectivity index is 1.45. The fourth-order valence-corrected chi connectivity index (χ4v) is 5.29. The van der Waals surface area contributed by atoms with Crippen molar-refractivity contribution in [2.75, 3.05) is 46.4 Å². The van der Waals surface area contributed by atoms with Crippen LogP contribution in [0.25, 0.3) is 0 Å². The van der Waals surface area contributed by atoms with E-state index in [0.717, 1.165) is 39.3 Å². The molecule has 0 aliphatic carbocycles. The topological polar surface area (TPSA) is 91.0 Å². The SMILES string of the molecule is COc1ccc(S(=O)(=O)N[C@H](C(=O)NCCN2CCN(Cc3ccccc3)CC2)C(C)C)cc1. The number of nitrogens with one attached hydrogen (secondary N) is 2. The maximum absolute atomic E-state index is 12.8. The van der Waals surface area contributed by atoms with Crippen LogP contribution in [0.15, 0.2) is 59.5 Å². The zero-order valence-corrected chi connectivity index (χ0v) is 21.1. The van der Waals surface area contributed by atoms with Gasteiger partial charge in [0.05, 0.1) is 12.0 Å². The molecule has 0 bridgehead atoms. The van der Waals surface area contributed by atoms with Gasteiger partial charge in [0, 0.05) is 45.8 Å². The minimum absolute atomic E-state index is 0.0973. The maximum atomic E-state index is 12.8. The van der Waals surface area contributed by atoms with Gasteiger partial charge in [0.15, 0.2) is 0 Å². The maximum Gasteiger partial charge on any atom is 0.241 e. The number of piperazine rings is 1. The molecule has 186 valence electrons. The van der Waals surface area contributed by atoms with Gasteiger partial charge in [0.1, 0.15) is 11.8 Å². The highest BCUT2D eigenvalue weighted by atomic mass is 32.2. The summed E-state index contributed by atoms with van der Waals surface area (Å²) in [5.41, 5.74) is 1.32. The second-order valence-electron chi connectivity index (χ2n) is 8.91. The molecule has 1 aliphatic rings. The second kappa shape index (κ2) is 12.3. The Bertz CT molecular complexity index is 1000. The van der Waals surface area contributed by atoms with Gasteiger partial charge in [0.2, 0.25) is 15.9 Å². The van der Waals surface area contributed by atoms with Crippen molar-refractivity contribution in [1.29, 1.82) is 0 Å². The number of ether oxygens (including phenoxy) is 1. The minimum Gasteiger partial charge on any atom is -0.497 e. The standard InChI is InChI=1S/C25H36N4O4S/c1-20(2)24(27-34(31,32)23-11-9-22(33-3)10-12-23)25(30)26-13-14-28-15-17-29(18-16-28)19-21-7-5-4-6-8-21/h4-12,20,24,27H,13-19H2,1-3H3,(H,26,30)/t24-/m0/s1. The molecular formula is C25H36N4O4S. The molecule has 1 aliphatic heterocycles. The smallest absolute Gasteiger partial charge is 0.241 e. The molecule has 0 radical (unpaired) electrons. The van der Waals surface area contributed by atoms with E-state index in [1.165, 1.54) is 24.8 Å². The van der Waals surface area contributed by atoms with Crippen LogP contribution in [-0.2, 0) is 21.4 Å². The van der Waals surface area contributed by atoms with Gasteiger partial charge in [-0.1, -0.05) is 44.2 Å². The predicted octanol–water partition coefficient (Wildman–Crippen LogP) is 1.93. The minimum atomic E-state index is -3.83. The summed E-state index contributed by atoms with van der Waals surface area (Å²) in [6.07, 6.45) is 0. The Kier molecular flexibility index (Phi) is 9.46. The van der Waals surface area contributed by atoms with E-state index in [0.29, 0.717) is 12.3 Å². The second-order valence-corrected chi connectivity index (χ2v) is 10.6. The van der Waals surface area contributed by atoms with Crippen LogP contribution in [0.1, 0.15) is 19.4 Å². The van der Waals surface area contributed by atoms with E-state index >= 15 is 0 Å². The van der Waals surface area contributed by atoms with E-state index < -0.39 is 16.1 Å². The number of carbonyl (C=O) groups is 1. The van der Waals surface area contributed by atoms with E-state index in [1.807, 2.05) is 19.9 Å². The van der Waals surface area contributed by atoms with Crippen LogP contribution in [0.3, 0.4) is 0 Å². The summed E-state index contributed by atoms with van der Waals surface area (Å²) in [5.74, 6) is 0.0577. The number of amides is 1. The molecule has 3 rings (SSSR count). The van der Waals surface area contributed by atoms with Crippen LogP contribution in [0.5, 0.6) is 5.75 Å². The van der Waals surface area contributed by atoms with Gasteiger partial charge in [-0.3, -0.25) is 14.6 Å². The number of carbonyl (C=O) groups excluding carboxylic acids is 1. The third kappa shape index (κ3) is 7.53. The van der Waals surface area contributed by atoms with Crippen LogP contribution in [0, 0.1) is 5.92 Å². The molecule has 1 saturated heterocycles. The van der Waals surface area contributed by atoms with Crippen molar-refractivity contribution in [2.24, 2.45) is 5.92 Å². The van der Waals surface area contributed by atoms with Crippen molar-refractivity contribution < 1.29 is 17.9 Å². The first-order valence-electron chi connectivity index (χ1n) is 11.7. The Labute approximate surface area is 203 Å². The normalized spacial score (nSPS) is 16.4. The summed E-state index contributed by atoms with van der Waals surface area (Å²) < 4.78 is 33.2. The average molecular weight is 489 g/mol. The van der Waals surface area contributed by atoms with Crippen molar-refractivity contribution in [3.63, 3.8) is 0 Å². The lowest BCUT2D eigenvalue weighted by Crippen LogP contribution is -2.52. The number of benzene rings is 2. The third-order valence-electron chi connectivity index (χ3n) is 6.04. The Morgan fingerprint density at radius 3 is 2.18 bits per heavy atom. The highest BCUT2D eigenvalue weighted by Crippen LogP contribution is 2.17.